The number of sulfone groups is 1. The van der Waals surface area contributed by atoms with Gasteiger partial charge in [-0.1, -0.05) is 12.5 Å². The summed E-state index contributed by atoms with van der Waals surface area (Å²) in [6, 6.07) is 4.08. The van der Waals surface area contributed by atoms with Crippen molar-refractivity contribution in [3.63, 3.8) is 0 Å². The second kappa shape index (κ2) is 5.29. The second-order valence-electron chi connectivity index (χ2n) is 4.20. The van der Waals surface area contributed by atoms with Crippen molar-refractivity contribution in [1.29, 1.82) is 0 Å². The normalized spacial score (nSPS) is 24.4. The zero-order valence-corrected chi connectivity index (χ0v) is 10.8. The van der Waals surface area contributed by atoms with Crippen molar-refractivity contribution in [2.75, 3.05) is 12.3 Å². The summed E-state index contributed by atoms with van der Waals surface area (Å²) in [5.74, 6) is 0.373. The van der Waals surface area contributed by atoms with Gasteiger partial charge in [0.2, 0.25) is 0 Å². The summed E-state index contributed by atoms with van der Waals surface area (Å²) in [4.78, 5) is 1.26. The molecule has 0 saturated carbocycles. The SMILES string of the molecule is O=S1(=O)CCCCC1CNCc1cccs1. The fraction of sp³-hybridized carbons (Fsp3) is 0.636. The number of rotatable bonds is 4. The van der Waals surface area contributed by atoms with E-state index in [-0.39, 0.29) is 5.25 Å². The van der Waals surface area contributed by atoms with Gasteiger partial charge in [-0.2, -0.15) is 0 Å². The van der Waals surface area contributed by atoms with Crippen molar-refractivity contribution >= 4 is 21.2 Å². The second-order valence-corrected chi connectivity index (χ2v) is 7.63. The van der Waals surface area contributed by atoms with Gasteiger partial charge in [0.15, 0.2) is 9.84 Å². The number of thiophene rings is 1. The molecule has 0 radical (unpaired) electrons. The van der Waals surface area contributed by atoms with Crippen LogP contribution in [0.1, 0.15) is 24.1 Å². The average molecular weight is 259 g/mol. The van der Waals surface area contributed by atoms with Crippen LogP contribution < -0.4 is 5.32 Å². The first-order valence-corrected chi connectivity index (χ1v) is 8.23. The topological polar surface area (TPSA) is 46.2 Å². The van der Waals surface area contributed by atoms with Crippen molar-refractivity contribution in [1.82, 2.24) is 5.32 Å². The molecule has 16 heavy (non-hydrogen) atoms. The molecule has 1 fully saturated rings. The van der Waals surface area contributed by atoms with Gasteiger partial charge < -0.3 is 5.32 Å². The maximum absolute atomic E-state index is 11.7. The lowest BCUT2D eigenvalue weighted by molar-refractivity contribution is 0.521. The number of nitrogens with one attached hydrogen (secondary N) is 1. The molecule has 1 aromatic heterocycles. The molecule has 2 rings (SSSR count). The van der Waals surface area contributed by atoms with E-state index in [2.05, 4.69) is 11.4 Å². The monoisotopic (exact) mass is 259 g/mol. The molecule has 3 nitrogen and oxygen atoms in total. The van der Waals surface area contributed by atoms with Gasteiger partial charge in [-0.05, 0) is 24.3 Å². The number of hydrogen-bond donors (Lipinski definition) is 1. The fourth-order valence-corrected chi connectivity index (χ4v) is 4.53. The molecule has 1 N–H and O–H groups in total. The van der Waals surface area contributed by atoms with Gasteiger partial charge in [0, 0.05) is 18.0 Å². The molecule has 1 aliphatic heterocycles. The minimum absolute atomic E-state index is 0.166. The first kappa shape index (κ1) is 12.1. The molecule has 0 aliphatic carbocycles. The summed E-state index contributed by atoms with van der Waals surface area (Å²) in [7, 11) is -2.82. The predicted molar refractivity (Wildman–Crippen MR) is 67.5 cm³/mol. The quantitative estimate of drug-likeness (QED) is 0.897. The van der Waals surface area contributed by atoms with Crippen LogP contribution in [0.3, 0.4) is 0 Å². The molecular weight excluding hydrogens is 242 g/mol. The molecule has 1 atom stereocenters. The third-order valence-corrected chi connectivity index (χ3v) is 6.12. The molecule has 0 bridgehead atoms. The van der Waals surface area contributed by atoms with E-state index in [4.69, 9.17) is 0 Å². The van der Waals surface area contributed by atoms with Gasteiger partial charge in [0.25, 0.3) is 0 Å². The van der Waals surface area contributed by atoms with Crippen molar-refractivity contribution < 1.29 is 8.42 Å². The zero-order chi connectivity index (χ0) is 11.4. The summed E-state index contributed by atoms with van der Waals surface area (Å²) in [6.45, 7) is 1.38. The predicted octanol–water partition coefficient (Wildman–Crippen LogP) is 1.80. The Morgan fingerprint density at radius 2 is 2.31 bits per heavy atom. The van der Waals surface area contributed by atoms with Gasteiger partial charge in [0.1, 0.15) is 0 Å². The van der Waals surface area contributed by atoms with Crippen LogP contribution in [-0.2, 0) is 16.4 Å². The van der Waals surface area contributed by atoms with Crippen molar-refractivity contribution in [2.45, 2.75) is 31.1 Å². The zero-order valence-electron chi connectivity index (χ0n) is 9.19. The summed E-state index contributed by atoms with van der Waals surface area (Å²) in [5, 5.41) is 5.11. The van der Waals surface area contributed by atoms with Gasteiger partial charge in [-0.3, -0.25) is 0 Å². The van der Waals surface area contributed by atoms with E-state index < -0.39 is 9.84 Å². The minimum atomic E-state index is -2.82. The van der Waals surface area contributed by atoms with Crippen LogP contribution in [-0.4, -0.2) is 26.0 Å². The highest BCUT2D eigenvalue weighted by molar-refractivity contribution is 7.92. The van der Waals surface area contributed by atoms with E-state index in [0.29, 0.717) is 12.3 Å². The largest absolute Gasteiger partial charge is 0.311 e. The van der Waals surface area contributed by atoms with Crippen LogP contribution in [0.4, 0.5) is 0 Å². The van der Waals surface area contributed by atoms with E-state index in [1.807, 2.05) is 11.4 Å². The Morgan fingerprint density at radius 1 is 1.44 bits per heavy atom. The lowest BCUT2D eigenvalue weighted by Gasteiger charge is -2.22. The standard InChI is InChI=1S/C11H17NO2S2/c13-16(14)7-2-1-5-11(16)9-12-8-10-4-3-6-15-10/h3-4,6,11-12H,1-2,5,7-9H2. The van der Waals surface area contributed by atoms with Gasteiger partial charge in [0.05, 0.1) is 11.0 Å². The molecule has 1 aromatic rings. The first-order valence-electron chi connectivity index (χ1n) is 5.63. The van der Waals surface area contributed by atoms with Crippen molar-refractivity contribution in [3.8, 4) is 0 Å². The van der Waals surface area contributed by atoms with E-state index in [1.165, 1.54) is 4.88 Å². The lowest BCUT2D eigenvalue weighted by atomic mass is 10.2. The molecule has 5 heteroatoms. The summed E-state index contributed by atoms with van der Waals surface area (Å²) in [6.07, 6.45) is 2.70. The smallest absolute Gasteiger partial charge is 0.154 e. The summed E-state index contributed by atoms with van der Waals surface area (Å²) >= 11 is 1.70. The molecule has 90 valence electrons. The Labute approximate surface area is 101 Å². The fourth-order valence-electron chi connectivity index (χ4n) is 2.02. The molecule has 0 amide bonds. The highest BCUT2D eigenvalue weighted by atomic mass is 32.2. The number of hydrogen-bond acceptors (Lipinski definition) is 4. The third-order valence-electron chi connectivity index (χ3n) is 2.96. The Kier molecular flexibility index (Phi) is 4.00. The summed E-state index contributed by atoms with van der Waals surface area (Å²) < 4.78 is 23.5. The maximum atomic E-state index is 11.7. The Morgan fingerprint density at radius 3 is 3.00 bits per heavy atom. The Hall–Kier alpha value is -0.390. The van der Waals surface area contributed by atoms with Crippen LogP contribution in [0.5, 0.6) is 0 Å². The van der Waals surface area contributed by atoms with E-state index >= 15 is 0 Å². The van der Waals surface area contributed by atoms with Crippen LogP contribution in [0.25, 0.3) is 0 Å². The molecule has 1 unspecified atom stereocenters. The van der Waals surface area contributed by atoms with E-state index in [1.54, 1.807) is 11.3 Å². The van der Waals surface area contributed by atoms with Gasteiger partial charge in [-0.15, -0.1) is 11.3 Å². The van der Waals surface area contributed by atoms with Crippen molar-refractivity contribution in [2.24, 2.45) is 0 Å². The average Bonchev–Trinajstić information content (AvgIpc) is 2.73. The molecule has 1 saturated heterocycles. The third kappa shape index (κ3) is 3.06. The molecule has 0 spiro atoms. The molecular formula is C11H17NO2S2. The first-order chi connectivity index (χ1) is 7.68. The van der Waals surface area contributed by atoms with E-state index in [0.717, 1.165) is 25.8 Å². The molecule has 0 aromatic carbocycles. The van der Waals surface area contributed by atoms with Crippen LogP contribution in [0, 0.1) is 0 Å². The van der Waals surface area contributed by atoms with Gasteiger partial charge >= 0.3 is 0 Å². The highest BCUT2D eigenvalue weighted by Crippen LogP contribution is 2.19. The molecule has 1 aliphatic rings. The van der Waals surface area contributed by atoms with Crippen LogP contribution >= 0.6 is 11.3 Å². The molecule has 2 heterocycles. The Bertz CT molecular complexity index is 411. The van der Waals surface area contributed by atoms with E-state index in [9.17, 15) is 8.42 Å². The summed E-state index contributed by atoms with van der Waals surface area (Å²) in [5.41, 5.74) is 0. The highest BCUT2D eigenvalue weighted by Gasteiger charge is 2.28. The van der Waals surface area contributed by atoms with Gasteiger partial charge in [-0.25, -0.2) is 8.42 Å². The maximum Gasteiger partial charge on any atom is 0.154 e. The lowest BCUT2D eigenvalue weighted by Crippen LogP contribution is -2.37. The van der Waals surface area contributed by atoms with Crippen molar-refractivity contribution in [3.05, 3.63) is 22.4 Å². The minimum Gasteiger partial charge on any atom is -0.311 e. The van der Waals surface area contributed by atoms with Crippen LogP contribution in [0.2, 0.25) is 0 Å². The Balaban J connectivity index is 1.81. The van der Waals surface area contributed by atoms with Crippen LogP contribution in [0.15, 0.2) is 17.5 Å².